The Labute approximate surface area is 211 Å². The molecular weight excluding hydrogens is 434 g/mol. The first-order valence-electron chi connectivity index (χ1n) is 12.8. The summed E-state index contributed by atoms with van der Waals surface area (Å²) < 4.78 is 11.5. The standard InChI is InChI=1S/C31H41NO3/c1-2-3-4-5-6-7-8-9-10-11-12-13-14-15-16-17-18-19-20-25-31(33)32-26-28-27-34-29-23-21-22-24-30(29)35-28/h3-4,6-7,9-10,12-13,15-16,18-19,21-24,28H,2,5,8,11,14,17,20,25-27H2,1H3,(H,32,33). The predicted molar refractivity (Wildman–Crippen MR) is 147 cm³/mol. The van der Waals surface area contributed by atoms with E-state index in [-0.39, 0.29) is 12.0 Å². The van der Waals surface area contributed by atoms with Gasteiger partial charge in [-0.15, -0.1) is 0 Å². The van der Waals surface area contributed by atoms with Crippen LogP contribution in [0, 0.1) is 0 Å². The van der Waals surface area contributed by atoms with Gasteiger partial charge in [-0.3, -0.25) is 4.79 Å². The maximum atomic E-state index is 12.0. The van der Waals surface area contributed by atoms with Crippen molar-refractivity contribution in [2.24, 2.45) is 0 Å². The van der Waals surface area contributed by atoms with E-state index in [1.807, 2.05) is 24.3 Å². The number of benzene rings is 1. The topological polar surface area (TPSA) is 47.6 Å². The Bertz CT molecular complexity index is 892. The first-order chi connectivity index (χ1) is 17.3. The van der Waals surface area contributed by atoms with E-state index in [0.29, 0.717) is 19.6 Å². The molecule has 0 aromatic heterocycles. The fourth-order valence-corrected chi connectivity index (χ4v) is 3.33. The highest BCUT2D eigenvalue weighted by Crippen LogP contribution is 2.30. The minimum absolute atomic E-state index is 0.0342. The van der Waals surface area contributed by atoms with Crippen molar-refractivity contribution in [3.63, 3.8) is 0 Å². The molecule has 1 heterocycles. The summed E-state index contributed by atoms with van der Waals surface area (Å²) in [5.41, 5.74) is 0. The second-order valence-corrected chi connectivity index (χ2v) is 8.26. The second-order valence-electron chi connectivity index (χ2n) is 8.26. The quantitative estimate of drug-likeness (QED) is 0.253. The number of hydrogen-bond acceptors (Lipinski definition) is 3. The summed E-state index contributed by atoms with van der Waals surface area (Å²) in [6.45, 7) is 3.06. The van der Waals surface area contributed by atoms with Crippen molar-refractivity contribution in [3.05, 3.63) is 97.2 Å². The molecule has 2 rings (SSSR count). The van der Waals surface area contributed by atoms with Gasteiger partial charge in [0.15, 0.2) is 11.5 Å². The van der Waals surface area contributed by atoms with Gasteiger partial charge in [-0.25, -0.2) is 0 Å². The number of rotatable bonds is 16. The molecule has 1 unspecified atom stereocenters. The molecule has 1 aliphatic heterocycles. The Morgan fingerprint density at radius 1 is 0.800 bits per heavy atom. The van der Waals surface area contributed by atoms with Gasteiger partial charge in [0.1, 0.15) is 12.7 Å². The first kappa shape index (κ1) is 28.0. The van der Waals surface area contributed by atoms with Crippen molar-refractivity contribution in [2.75, 3.05) is 13.2 Å². The summed E-state index contributed by atoms with van der Waals surface area (Å²) in [4.78, 5) is 12.0. The minimum Gasteiger partial charge on any atom is -0.486 e. The van der Waals surface area contributed by atoms with E-state index in [0.717, 1.165) is 56.4 Å². The summed E-state index contributed by atoms with van der Waals surface area (Å²) in [6.07, 6.45) is 33.2. The highest BCUT2D eigenvalue weighted by atomic mass is 16.6. The molecule has 1 aromatic carbocycles. The zero-order chi connectivity index (χ0) is 24.8. The summed E-state index contributed by atoms with van der Waals surface area (Å²) in [5.74, 6) is 1.52. The maximum Gasteiger partial charge on any atom is 0.220 e. The van der Waals surface area contributed by atoms with Gasteiger partial charge in [-0.1, -0.05) is 92.0 Å². The molecule has 188 valence electrons. The Kier molecular flexibility index (Phi) is 15.2. The van der Waals surface area contributed by atoms with Crippen LogP contribution in [-0.4, -0.2) is 25.2 Å². The van der Waals surface area contributed by atoms with Gasteiger partial charge in [0.05, 0.1) is 6.54 Å². The molecule has 0 saturated carbocycles. The van der Waals surface area contributed by atoms with Gasteiger partial charge in [-0.2, -0.15) is 0 Å². The van der Waals surface area contributed by atoms with Gasteiger partial charge in [0, 0.05) is 6.42 Å². The van der Waals surface area contributed by atoms with E-state index in [1.165, 1.54) is 0 Å². The molecule has 0 spiro atoms. The highest BCUT2D eigenvalue weighted by molar-refractivity contribution is 5.76. The maximum absolute atomic E-state index is 12.0. The number of amides is 1. The average Bonchev–Trinajstić information content (AvgIpc) is 2.88. The first-order valence-corrected chi connectivity index (χ1v) is 12.8. The zero-order valence-corrected chi connectivity index (χ0v) is 21.1. The number of para-hydroxylation sites is 2. The molecule has 4 nitrogen and oxygen atoms in total. The Morgan fingerprint density at radius 2 is 1.31 bits per heavy atom. The third-order valence-corrected chi connectivity index (χ3v) is 5.23. The lowest BCUT2D eigenvalue weighted by atomic mass is 10.2. The Morgan fingerprint density at radius 3 is 1.89 bits per heavy atom. The SMILES string of the molecule is CCC=CCC=CCC=CCC=CCC=CCC=CCCC(=O)NCC1COc2ccccc2O1. The van der Waals surface area contributed by atoms with Crippen molar-refractivity contribution >= 4 is 5.91 Å². The van der Waals surface area contributed by atoms with Crippen LogP contribution in [0.2, 0.25) is 0 Å². The fourth-order valence-electron chi connectivity index (χ4n) is 3.33. The van der Waals surface area contributed by atoms with Crippen LogP contribution in [0.4, 0.5) is 0 Å². The zero-order valence-electron chi connectivity index (χ0n) is 21.1. The normalized spacial score (nSPS) is 16.1. The van der Waals surface area contributed by atoms with E-state index in [2.05, 4.69) is 85.2 Å². The number of allylic oxidation sites excluding steroid dienone is 12. The van der Waals surface area contributed by atoms with Crippen LogP contribution < -0.4 is 14.8 Å². The molecule has 0 aliphatic carbocycles. The number of hydrogen-bond donors (Lipinski definition) is 1. The summed E-state index contributed by atoms with van der Waals surface area (Å²) in [6, 6.07) is 7.59. The van der Waals surface area contributed by atoms with E-state index < -0.39 is 0 Å². The van der Waals surface area contributed by atoms with Gasteiger partial charge >= 0.3 is 0 Å². The van der Waals surface area contributed by atoms with Crippen LogP contribution in [0.3, 0.4) is 0 Å². The molecule has 1 aliphatic rings. The summed E-state index contributed by atoms with van der Waals surface area (Å²) in [5, 5.41) is 2.93. The van der Waals surface area contributed by atoms with E-state index in [9.17, 15) is 4.79 Å². The Balaban J connectivity index is 1.43. The number of fused-ring (bicyclic) bond motifs is 1. The molecule has 1 aromatic rings. The number of nitrogens with one attached hydrogen (secondary N) is 1. The molecule has 35 heavy (non-hydrogen) atoms. The molecule has 0 radical (unpaired) electrons. The predicted octanol–water partition coefficient (Wildman–Crippen LogP) is 7.42. The third kappa shape index (κ3) is 13.9. The van der Waals surface area contributed by atoms with Crippen molar-refractivity contribution in [1.82, 2.24) is 5.32 Å². The minimum atomic E-state index is -0.153. The largest absolute Gasteiger partial charge is 0.486 e. The fraction of sp³-hybridized carbons (Fsp3) is 0.387. The van der Waals surface area contributed by atoms with Crippen molar-refractivity contribution in [1.29, 1.82) is 0 Å². The van der Waals surface area contributed by atoms with Crippen molar-refractivity contribution in [2.45, 2.75) is 64.4 Å². The molecule has 0 bridgehead atoms. The van der Waals surface area contributed by atoms with Crippen molar-refractivity contribution < 1.29 is 14.3 Å². The van der Waals surface area contributed by atoms with E-state index in [1.54, 1.807) is 0 Å². The average molecular weight is 476 g/mol. The third-order valence-electron chi connectivity index (χ3n) is 5.23. The molecule has 0 fully saturated rings. The number of carbonyl (C=O) groups excluding carboxylic acids is 1. The molecule has 1 amide bonds. The molecule has 1 atom stereocenters. The smallest absolute Gasteiger partial charge is 0.220 e. The van der Waals surface area contributed by atoms with Crippen LogP contribution in [0.5, 0.6) is 11.5 Å². The highest BCUT2D eigenvalue weighted by Gasteiger charge is 2.20. The molecule has 1 N–H and O–H groups in total. The monoisotopic (exact) mass is 475 g/mol. The van der Waals surface area contributed by atoms with Gasteiger partial charge < -0.3 is 14.8 Å². The van der Waals surface area contributed by atoms with Crippen molar-refractivity contribution in [3.8, 4) is 11.5 Å². The Hall–Kier alpha value is -3.27. The lowest BCUT2D eigenvalue weighted by molar-refractivity contribution is -0.121. The van der Waals surface area contributed by atoms with Gasteiger partial charge in [0.2, 0.25) is 5.91 Å². The lowest BCUT2D eigenvalue weighted by Crippen LogP contribution is -2.40. The summed E-state index contributed by atoms with van der Waals surface area (Å²) >= 11 is 0. The van der Waals surface area contributed by atoms with Gasteiger partial charge in [0.25, 0.3) is 0 Å². The number of carbonyl (C=O) groups is 1. The second kappa shape index (κ2) is 19.1. The van der Waals surface area contributed by atoms with Crippen LogP contribution >= 0.6 is 0 Å². The lowest BCUT2D eigenvalue weighted by Gasteiger charge is -2.26. The molecular formula is C31H41NO3. The van der Waals surface area contributed by atoms with Crippen LogP contribution in [0.1, 0.15) is 58.3 Å². The van der Waals surface area contributed by atoms with Crippen LogP contribution in [0.25, 0.3) is 0 Å². The van der Waals surface area contributed by atoms with E-state index in [4.69, 9.17) is 9.47 Å². The molecule has 0 saturated heterocycles. The van der Waals surface area contributed by atoms with Gasteiger partial charge in [-0.05, 0) is 57.1 Å². The summed E-state index contributed by atoms with van der Waals surface area (Å²) in [7, 11) is 0. The number of ether oxygens (including phenoxy) is 2. The van der Waals surface area contributed by atoms with Crippen LogP contribution in [0.15, 0.2) is 97.2 Å². The molecule has 4 heteroatoms. The van der Waals surface area contributed by atoms with Crippen LogP contribution in [-0.2, 0) is 4.79 Å². The van der Waals surface area contributed by atoms with E-state index >= 15 is 0 Å².